The first-order chi connectivity index (χ1) is 19.9. The number of benzene rings is 4. The molecule has 1 fully saturated rings. The van der Waals surface area contributed by atoms with Gasteiger partial charge in [0.2, 0.25) is 0 Å². The van der Waals surface area contributed by atoms with Gasteiger partial charge in [0, 0.05) is 21.5 Å². The molecule has 4 aromatic carbocycles. The van der Waals surface area contributed by atoms with Crippen molar-refractivity contribution in [1.82, 2.24) is 4.72 Å². The van der Waals surface area contributed by atoms with E-state index >= 15 is 0 Å². The fourth-order valence-electron chi connectivity index (χ4n) is 4.51. The number of rotatable bonds is 10. The van der Waals surface area contributed by atoms with Crippen LogP contribution in [0.15, 0.2) is 102 Å². The van der Waals surface area contributed by atoms with Gasteiger partial charge >= 0.3 is 5.97 Å². The van der Waals surface area contributed by atoms with Crippen molar-refractivity contribution in [2.45, 2.75) is 42.7 Å². The molecule has 0 aromatic heterocycles. The van der Waals surface area contributed by atoms with Crippen molar-refractivity contribution < 1.29 is 24.2 Å². The molecule has 0 radical (unpaired) electrons. The Bertz CT molecular complexity index is 1470. The van der Waals surface area contributed by atoms with Crippen molar-refractivity contribution in [3.8, 4) is 17.2 Å². The fraction of sp³-hybridized carbons (Fsp3) is 0.188. The summed E-state index contributed by atoms with van der Waals surface area (Å²) in [5.74, 6) is 0.515. The Balaban J connectivity index is 1.07. The van der Waals surface area contributed by atoms with Gasteiger partial charge in [-0.2, -0.15) is 0 Å². The van der Waals surface area contributed by atoms with Crippen molar-refractivity contribution in [3.63, 3.8) is 0 Å². The molecule has 1 aliphatic rings. The Hall–Kier alpha value is -3.98. The highest BCUT2D eigenvalue weighted by Gasteiger charge is 2.22. The predicted molar refractivity (Wildman–Crippen MR) is 161 cm³/mol. The first-order valence-electron chi connectivity index (χ1n) is 13.3. The van der Waals surface area contributed by atoms with E-state index < -0.39 is 11.9 Å². The first kappa shape index (κ1) is 28.5. The predicted octanol–water partition coefficient (Wildman–Crippen LogP) is 8.07. The number of hydrogen-bond acceptors (Lipinski definition) is 6. The van der Waals surface area contributed by atoms with Crippen LogP contribution in [0.25, 0.3) is 0 Å². The van der Waals surface area contributed by atoms with Gasteiger partial charge in [0.05, 0.1) is 17.4 Å². The summed E-state index contributed by atoms with van der Waals surface area (Å²) in [5.41, 5.74) is 0.655. The van der Waals surface area contributed by atoms with E-state index in [1.54, 1.807) is 54.4 Å². The lowest BCUT2D eigenvalue weighted by molar-refractivity contribution is 0.0698. The number of para-hydroxylation sites is 1. The SMILES string of the molecule is O=C(Nc1ccccc1C(=O)O)c1ccc(Oc2ccc(OC3CCC(NSc4ccc(Cl)cc4)CC3)cc2)cc1. The quantitative estimate of drug-likeness (QED) is 0.161. The second-order valence-electron chi connectivity index (χ2n) is 9.67. The zero-order valence-corrected chi connectivity index (χ0v) is 23.7. The molecule has 0 atom stereocenters. The second kappa shape index (κ2) is 13.6. The molecule has 1 amide bonds. The summed E-state index contributed by atoms with van der Waals surface area (Å²) in [6.07, 6.45) is 4.25. The lowest BCUT2D eigenvalue weighted by Crippen LogP contribution is -2.33. The highest BCUT2D eigenvalue weighted by atomic mass is 35.5. The molecule has 7 nitrogen and oxygen atoms in total. The smallest absolute Gasteiger partial charge is 0.337 e. The van der Waals surface area contributed by atoms with Crippen molar-refractivity contribution in [3.05, 3.63) is 113 Å². The van der Waals surface area contributed by atoms with Crippen LogP contribution >= 0.6 is 23.5 Å². The van der Waals surface area contributed by atoms with E-state index in [2.05, 4.69) is 10.0 Å². The van der Waals surface area contributed by atoms with E-state index in [1.807, 2.05) is 48.5 Å². The van der Waals surface area contributed by atoms with Gasteiger partial charge in [-0.15, -0.1) is 0 Å². The van der Waals surface area contributed by atoms with Crippen molar-refractivity contribution >= 4 is 41.1 Å². The standard InChI is InChI=1S/C32H29ClN2O5S/c33-22-7-19-28(20-8-22)41-35-23-9-13-25(14-10-23)40-27-17-15-26(16-18-27)39-24-11-5-21(6-12-24)31(36)34-30-4-2-1-3-29(30)32(37)38/h1-8,11-12,15-20,23,25,35H,9-10,13-14H2,(H,34,36)(H,37,38). The molecule has 1 saturated carbocycles. The monoisotopic (exact) mass is 588 g/mol. The van der Waals surface area contributed by atoms with Gasteiger partial charge in [-0.3, -0.25) is 9.52 Å². The van der Waals surface area contributed by atoms with Crippen molar-refractivity contribution in [1.29, 1.82) is 0 Å². The molecule has 9 heteroatoms. The highest BCUT2D eigenvalue weighted by molar-refractivity contribution is 7.97. The van der Waals surface area contributed by atoms with Gasteiger partial charge in [-0.05, 0) is 123 Å². The maximum Gasteiger partial charge on any atom is 0.337 e. The van der Waals surface area contributed by atoms with E-state index in [4.69, 9.17) is 21.1 Å². The zero-order valence-electron chi connectivity index (χ0n) is 22.1. The summed E-state index contributed by atoms with van der Waals surface area (Å²) < 4.78 is 15.7. The number of halogens is 1. The number of aromatic carboxylic acids is 1. The second-order valence-corrected chi connectivity index (χ2v) is 11.0. The average Bonchev–Trinajstić information content (AvgIpc) is 2.99. The number of carboxylic acids is 1. The van der Waals surface area contributed by atoms with E-state index in [1.165, 1.54) is 6.07 Å². The number of ether oxygens (including phenoxy) is 2. The summed E-state index contributed by atoms with van der Waals surface area (Å²) >= 11 is 7.60. The molecular formula is C32H29ClN2O5S. The molecule has 41 heavy (non-hydrogen) atoms. The summed E-state index contributed by atoms with van der Waals surface area (Å²) in [6.45, 7) is 0. The maximum absolute atomic E-state index is 12.6. The van der Waals surface area contributed by atoms with Gasteiger partial charge < -0.3 is 19.9 Å². The summed E-state index contributed by atoms with van der Waals surface area (Å²) in [6, 6.07) is 28.7. The van der Waals surface area contributed by atoms with Crippen LogP contribution in [-0.4, -0.2) is 29.1 Å². The topological polar surface area (TPSA) is 96.9 Å². The number of hydrogen-bond donors (Lipinski definition) is 3. The number of carbonyl (C=O) groups excluding carboxylic acids is 1. The summed E-state index contributed by atoms with van der Waals surface area (Å²) in [5, 5.41) is 12.7. The summed E-state index contributed by atoms with van der Waals surface area (Å²) in [7, 11) is 0. The fourth-order valence-corrected chi connectivity index (χ4v) is 5.45. The molecule has 210 valence electrons. The molecule has 5 rings (SSSR count). The van der Waals surface area contributed by atoms with E-state index in [-0.39, 0.29) is 17.4 Å². The first-order valence-corrected chi connectivity index (χ1v) is 14.5. The molecule has 4 aromatic rings. The average molecular weight is 589 g/mol. The number of nitrogens with one attached hydrogen (secondary N) is 2. The molecule has 0 spiro atoms. The van der Waals surface area contributed by atoms with Crippen LogP contribution in [0.4, 0.5) is 5.69 Å². The molecule has 0 heterocycles. The van der Waals surface area contributed by atoms with Crippen LogP contribution in [0, 0.1) is 0 Å². The van der Waals surface area contributed by atoms with Gasteiger partial charge in [0.25, 0.3) is 5.91 Å². The number of carboxylic acid groups (broad SMARTS) is 1. The van der Waals surface area contributed by atoms with E-state index in [0.717, 1.165) is 41.4 Å². The van der Waals surface area contributed by atoms with Gasteiger partial charge in [0.1, 0.15) is 17.2 Å². The van der Waals surface area contributed by atoms with Gasteiger partial charge in [-0.25, -0.2) is 4.79 Å². The molecule has 3 N–H and O–H groups in total. The van der Waals surface area contributed by atoms with Crippen molar-refractivity contribution in [2.75, 3.05) is 5.32 Å². The third-order valence-electron chi connectivity index (χ3n) is 6.72. The van der Waals surface area contributed by atoms with Crippen LogP contribution in [0.3, 0.4) is 0 Å². The Labute approximate surface area is 248 Å². The molecular weight excluding hydrogens is 560 g/mol. The van der Waals surface area contributed by atoms with Crippen LogP contribution in [0.5, 0.6) is 17.2 Å². The third-order valence-corrected chi connectivity index (χ3v) is 7.93. The Morgan fingerprint density at radius 2 is 1.39 bits per heavy atom. The maximum atomic E-state index is 12.6. The zero-order chi connectivity index (χ0) is 28.6. The van der Waals surface area contributed by atoms with E-state index in [0.29, 0.717) is 23.1 Å². The van der Waals surface area contributed by atoms with E-state index in [9.17, 15) is 14.7 Å². The Morgan fingerprint density at radius 3 is 2.05 bits per heavy atom. The lowest BCUT2D eigenvalue weighted by Gasteiger charge is -2.29. The Morgan fingerprint density at radius 1 is 0.780 bits per heavy atom. The van der Waals surface area contributed by atoms with Crippen LogP contribution < -0.4 is 19.5 Å². The van der Waals surface area contributed by atoms with Crippen LogP contribution in [0.2, 0.25) is 5.02 Å². The molecule has 0 aliphatic heterocycles. The number of carbonyl (C=O) groups is 2. The third kappa shape index (κ3) is 8.04. The molecule has 0 saturated heterocycles. The lowest BCUT2D eigenvalue weighted by atomic mass is 9.94. The Kier molecular flexibility index (Phi) is 9.46. The summed E-state index contributed by atoms with van der Waals surface area (Å²) in [4.78, 5) is 25.1. The van der Waals surface area contributed by atoms with Crippen LogP contribution in [-0.2, 0) is 0 Å². The molecule has 0 unspecified atom stereocenters. The molecule has 1 aliphatic carbocycles. The largest absolute Gasteiger partial charge is 0.490 e. The minimum Gasteiger partial charge on any atom is -0.490 e. The minimum atomic E-state index is -1.11. The number of amides is 1. The van der Waals surface area contributed by atoms with Gasteiger partial charge in [-0.1, -0.05) is 23.7 Å². The highest BCUT2D eigenvalue weighted by Crippen LogP contribution is 2.29. The van der Waals surface area contributed by atoms with Gasteiger partial charge in [0.15, 0.2) is 0 Å². The van der Waals surface area contributed by atoms with Crippen LogP contribution in [0.1, 0.15) is 46.4 Å². The number of anilines is 1. The normalized spacial score (nSPS) is 16.5. The minimum absolute atomic E-state index is 0.0299. The molecule has 0 bridgehead atoms. The van der Waals surface area contributed by atoms with Crippen molar-refractivity contribution in [2.24, 2.45) is 0 Å².